The summed E-state index contributed by atoms with van der Waals surface area (Å²) in [5.41, 5.74) is 1.19. The van der Waals surface area contributed by atoms with E-state index in [2.05, 4.69) is 4.74 Å². The van der Waals surface area contributed by atoms with Gasteiger partial charge in [0, 0.05) is 0 Å². The molecule has 0 saturated carbocycles. The molecule has 0 amide bonds. The molecule has 0 heterocycles. The second-order valence-electron chi connectivity index (χ2n) is 2.69. The maximum atomic E-state index is 11.3. The van der Waals surface area contributed by atoms with Gasteiger partial charge in [0.2, 0.25) is 0 Å². The van der Waals surface area contributed by atoms with Gasteiger partial charge in [-0.25, -0.2) is 4.79 Å². The van der Waals surface area contributed by atoms with Crippen LogP contribution in [-0.2, 0) is 11.1 Å². The molecule has 0 saturated heterocycles. The van der Waals surface area contributed by atoms with Gasteiger partial charge in [-0.3, -0.25) is 0 Å². The molecule has 0 atom stereocenters. The van der Waals surface area contributed by atoms with Gasteiger partial charge in [-0.15, -0.1) is 0 Å². The third-order valence-electron chi connectivity index (χ3n) is 1.93. The maximum Gasteiger partial charge on any atom is 0.341 e. The summed E-state index contributed by atoms with van der Waals surface area (Å²) in [6.07, 6.45) is 0.327. The van der Waals surface area contributed by atoms with E-state index in [1.807, 2.05) is 6.07 Å². The smallest absolute Gasteiger partial charge is 0.341 e. The molecule has 0 N–H and O–H groups in total. The van der Waals surface area contributed by atoms with Crippen molar-refractivity contribution in [3.8, 4) is 5.75 Å². The van der Waals surface area contributed by atoms with Crippen LogP contribution in [0.25, 0.3) is 0 Å². The normalized spacial score (nSPS) is 9.57. The highest BCUT2D eigenvalue weighted by Crippen LogP contribution is 2.24. The number of hydrogen-bond acceptors (Lipinski definition) is 3. The van der Waals surface area contributed by atoms with Crippen LogP contribution in [0.3, 0.4) is 0 Å². The van der Waals surface area contributed by atoms with Gasteiger partial charge < -0.3 is 9.47 Å². The Morgan fingerprint density at radius 2 is 2.14 bits per heavy atom. The fraction of sp³-hybridized carbons (Fsp3) is 0.300. The van der Waals surface area contributed by atoms with Crippen LogP contribution in [0.1, 0.15) is 15.9 Å². The van der Waals surface area contributed by atoms with Gasteiger partial charge in [-0.1, -0.05) is 18.5 Å². The van der Waals surface area contributed by atoms with Gasteiger partial charge in [-0.05, 0) is 11.6 Å². The van der Waals surface area contributed by atoms with E-state index in [1.165, 1.54) is 14.2 Å². The molecule has 0 spiro atoms. The molecule has 0 bridgehead atoms. The van der Waals surface area contributed by atoms with Gasteiger partial charge in [0.25, 0.3) is 0 Å². The van der Waals surface area contributed by atoms with Crippen molar-refractivity contribution >= 4 is 13.8 Å². The number of ether oxygens (including phenoxy) is 2. The summed E-state index contributed by atoms with van der Waals surface area (Å²) in [6, 6.07) is 5.20. The number of benzene rings is 1. The van der Waals surface area contributed by atoms with Crippen LogP contribution in [0, 0.1) is 0 Å². The molecule has 0 unspecified atom stereocenters. The lowest BCUT2D eigenvalue weighted by Crippen LogP contribution is -2.06. The second-order valence-corrected chi connectivity index (χ2v) is 2.69. The van der Waals surface area contributed by atoms with Crippen molar-refractivity contribution in [2.75, 3.05) is 14.2 Å². The van der Waals surface area contributed by atoms with Crippen LogP contribution in [0.4, 0.5) is 0 Å². The molecule has 3 nitrogen and oxygen atoms in total. The minimum Gasteiger partial charge on any atom is -0.496 e. The Balaban J connectivity index is 3.21. The lowest BCUT2D eigenvalue weighted by Gasteiger charge is -2.10. The zero-order chi connectivity index (χ0) is 10.6. The molecule has 0 aliphatic heterocycles. The first kappa shape index (κ1) is 10.6. The van der Waals surface area contributed by atoms with E-state index in [-0.39, 0.29) is 0 Å². The first-order valence-corrected chi connectivity index (χ1v) is 4.18. The van der Waals surface area contributed by atoms with E-state index < -0.39 is 5.97 Å². The van der Waals surface area contributed by atoms with Crippen molar-refractivity contribution in [1.82, 2.24) is 0 Å². The molecular formula is C10H11BO3. The van der Waals surface area contributed by atoms with Crippen LogP contribution < -0.4 is 4.74 Å². The highest BCUT2D eigenvalue weighted by molar-refractivity contribution is 6.09. The van der Waals surface area contributed by atoms with E-state index in [1.54, 1.807) is 12.1 Å². The van der Waals surface area contributed by atoms with Crippen molar-refractivity contribution in [1.29, 1.82) is 0 Å². The van der Waals surface area contributed by atoms with Crippen LogP contribution in [-0.4, -0.2) is 28.0 Å². The maximum absolute atomic E-state index is 11.3. The Labute approximate surface area is 84.4 Å². The third-order valence-corrected chi connectivity index (χ3v) is 1.93. The van der Waals surface area contributed by atoms with Crippen LogP contribution in [0.2, 0.25) is 0 Å². The Morgan fingerprint density at radius 3 is 2.64 bits per heavy atom. The number of hydrogen-bond donors (Lipinski definition) is 0. The SMILES string of the molecule is [B]Cc1cccc(C(=O)OC)c1OC. The van der Waals surface area contributed by atoms with E-state index >= 15 is 0 Å². The Morgan fingerprint density at radius 1 is 1.43 bits per heavy atom. The number of para-hydroxylation sites is 1. The average Bonchev–Trinajstić information content (AvgIpc) is 2.26. The van der Waals surface area contributed by atoms with Crippen LogP contribution >= 0.6 is 0 Å². The molecule has 2 radical (unpaired) electrons. The van der Waals surface area contributed by atoms with Crippen molar-refractivity contribution in [3.05, 3.63) is 29.3 Å². The second kappa shape index (κ2) is 4.70. The van der Waals surface area contributed by atoms with Crippen molar-refractivity contribution < 1.29 is 14.3 Å². The minimum absolute atomic E-state index is 0.327. The molecule has 0 aliphatic carbocycles. The summed E-state index contributed by atoms with van der Waals surface area (Å²) in [6.45, 7) is 0. The van der Waals surface area contributed by atoms with Gasteiger partial charge in [-0.2, -0.15) is 0 Å². The zero-order valence-corrected chi connectivity index (χ0v) is 8.24. The molecule has 1 aromatic carbocycles. The summed E-state index contributed by atoms with van der Waals surface area (Å²) >= 11 is 0. The average molecular weight is 190 g/mol. The summed E-state index contributed by atoms with van der Waals surface area (Å²) in [4.78, 5) is 11.3. The molecule has 1 rings (SSSR count). The van der Waals surface area contributed by atoms with E-state index in [0.717, 1.165) is 5.56 Å². The number of carbonyl (C=O) groups excluding carboxylic acids is 1. The Bertz CT molecular complexity index is 336. The molecular weight excluding hydrogens is 179 g/mol. The monoisotopic (exact) mass is 190 g/mol. The van der Waals surface area contributed by atoms with Crippen molar-refractivity contribution in [2.45, 2.75) is 6.32 Å². The number of methoxy groups -OCH3 is 2. The van der Waals surface area contributed by atoms with E-state index in [0.29, 0.717) is 17.6 Å². The predicted molar refractivity (Wildman–Crippen MR) is 53.8 cm³/mol. The first-order chi connectivity index (χ1) is 6.74. The lowest BCUT2D eigenvalue weighted by molar-refractivity contribution is 0.0597. The van der Waals surface area contributed by atoms with Gasteiger partial charge in [0.15, 0.2) is 0 Å². The quantitative estimate of drug-likeness (QED) is 0.529. The zero-order valence-electron chi connectivity index (χ0n) is 8.24. The lowest BCUT2D eigenvalue weighted by atomic mass is 9.94. The minimum atomic E-state index is -0.419. The third kappa shape index (κ3) is 1.89. The fourth-order valence-electron chi connectivity index (χ4n) is 1.26. The van der Waals surface area contributed by atoms with Crippen molar-refractivity contribution in [3.63, 3.8) is 0 Å². The summed E-state index contributed by atoms with van der Waals surface area (Å²) in [7, 11) is 8.34. The molecule has 0 fully saturated rings. The summed E-state index contributed by atoms with van der Waals surface area (Å²) < 4.78 is 9.73. The fourth-order valence-corrected chi connectivity index (χ4v) is 1.26. The number of carbonyl (C=O) groups is 1. The standard InChI is InChI=1S/C10H11BO3/c1-13-9-7(6-11)4-3-5-8(9)10(12)14-2/h3-5H,6H2,1-2H3. The topological polar surface area (TPSA) is 35.5 Å². The molecule has 0 aliphatic rings. The molecule has 1 aromatic rings. The number of esters is 1. The Hall–Kier alpha value is -1.45. The summed E-state index contributed by atoms with van der Waals surface area (Å²) in [5.74, 6) is 0.0685. The van der Waals surface area contributed by atoms with Crippen LogP contribution in [0.15, 0.2) is 18.2 Å². The van der Waals surface area contributed by atoms with Gasteiger partial charge >= 0.3 is 5.97 Å². The molecule has 72 valence electrons. The number of rotatable bonds is 3. The summed E-state index contributed by atoms with van der Waals surface area (Å²) in [5, 5.41) is 0. The largest absolute Gasteiger partial charge is 0.496 e. The van der Waals surface area contributed by atoms with Gasteiger partial charge in [0.05, 0.1) is 22.1 Å². The predicted octanol–water partition coefficient (Wildman–Crippen LogP) is 1.15. The van der Waals surface area contributed by atoms with E-state index in [4.69, 9.17) is 12.6 Å². The highest BCUT2D eigenvalue weighted by atomic mass is 16.5. The van der Waals surface area contributed by atoms with Crippen LogP contribution in [0.5, 0.6) is 5.75 Å². The first-order valence-electron chi connectivity index (χ1n) is 4.18. The molecule has 0 aromatic heterocycles. The highest BCUT2D eigenvalue weighted by Gasteiger charge is 2.14. The Kier molecular flexibility index (Phi) is 3.57. The molecule has 14 heavy (non-hydrogen) atoms. The molecule has 4 heteroatoms. The van der Waals surface area contributed by atoms with Gasteiger partial charge in [0.1, 0.15) is 11.3 Å². The van der Waals surface area contributed by atoms with E-state index in [9.17, 15) is 4.79 Å². The van der Waals surface area contributed by atoms with Crippen molar-refractivity contribution in [2.24, 2.45) is 0 Å².